The quantitative estimate of drug-likeness (QED) is 0.474. The van der Waals surface area contributed by atoms with Gasteiger partial charge in [-0.3, -0.25) is 0 Å². The number of alkyl halides is 2. The minimum absolute atomic E-state index is 0.512. The van der Waals surface area contributed by atoms with Crippen molar-refractivity contribution in [1.82, 2.24) is 4.98 Å². The highest BCUT2D eigenvalue weighted by Gasteiger charge is 2.33. The maximum absolute atomic E-state index is 12.5. The molecule has 0 unspecified atom stereocenters. The largest absolute Gasteiger partial charge is 0.384 e. The third kappa shape index (κ3) is 2.87. The monoisotopic (exact) mass is 350 g/mol. The maximum Gasteiger partial charge on any atom is 0.384 e. The molecule has 0 aromatic carbocycles. The first-order valence-corrected chi connectivity index (χ1v) is 6.82. The molecule has 0 amide bonds. The van der Waals surface area contributed by atoms with E-state index in [2.05, 4.69) is 20.9 Å². The van der Waals surface area contributed by atoms with Crippen molar-refractivity contribution in [3.05, 3.63) is 26.3 Å². The van der Waals surface area contributed by atoms with Crippen LogP contribution in [-0.4, -0.2) is 18.3 Å². The molecule has 0 fully saturated rings. The molecule has 0 saturated heterocycles. The summed E-state index contributed by atoms with van der Waals surface area (Å²) in [6.07, 6.45) is -2.53. The Hall–Kier alpha value is -0.870. The molecular weight excluding hydrogens is 349 g/mol. The molecule has 0 aliphatic rings. The Morgan fingerprint density at radius 1 is 1.53 bits per heavy atom. The van der Waals surface area contributed by atoms with Crippen LogP contribution in [0.15, 0.2) is 15.6 Å². The summed E-state index contributed by atoms with van der Waals surface area (Å²) in [4.78, 5) is 11.4. The van der Waals surface area contributed by atoms with Gasteiger partial charge in [0.25, 0.3) is 15.5 Å². The Morgan fingerprint density at radius 3 is 2.41 bits per heavy atom. The number of hydrogen-bond acceptors (Lipinski definition) is 5. The SMILES string of the molecule is O=[N+]([O-])c1ncc(C(F)F)c(Br)c1S(=O)(=O)Cl. The molecule has 1 rings (SSSR count). The van der Waals surface area contributed by atoms with Gasteiger partial charge >= 0.3 is 5.82 Å². The molecule has 0 atom stereocenters. The zero-order chi connectivity index (χ0) is 13.4. The van der Waals surface area contributed by atoms with Gasteiger partial charge in [-0.1, -0.05) is 0 Å². The second kappa shape index (κ2) is 4.78. The van der Waals surface area contributed by atoms with Crippen LogP contribution in [0, 0.1) is 10.1 Å². The minimum atomic E-state index is -4.58. The molecule has 0 saturated carbocycles. The van der Waals surface area contributed by atoms with E-state index in [0.29, 0.717) is 6.20 Å². The van der Waals surface area contributed by atoms with E-state index in [0.717, 1.165) is 0 Å². The summed E-state index contributed by atoms with van der Waals surface area (Å²) in [7, 11) is 0.365. The second-order valence-electron chi connectivity index (χ2n) is 2.68. The second-order valence-corrected chi connectivity index (χ2v) is 5.97. The summed E-state index contributed by atoms with van der Waals surface area (Å²) >= 11 is 2.55. The van der Waals surface area contributed by atoms with E-state index in [-0.39, 0.29) is 0 Å². The lowest BCUT2D eigenvalue weighted by molar-refractivity contribution is -0.392. The summed E-state index contributed by atoms with van der Waals surface area (Å²) in [5.41, 5.74) is -0.796. The van der Waals surface area contributed by atoms with Gasteiger partial charge in [0.05, 0.1) is 10.0 Å². The van der Waals surface area contributed by atoms with Crippen LogP contribution >= 0.6 is 26.6 Å². The predicted molar refractivity (Wildman–Crippen MR) is 56.6 cm³/mol. The number of pyridine rings is 1. The van der Waals surface area contributed by atoms with Gasteiger partial charge in [-0.05, 0) is 25.8 Å². The van der Waals surface area contributed by atoms with Gasteiger partial charge in [-0.2, -0.15) is 0 Å². The number of halogens is 4. The van der Waals surface area contributed by atoms with Crippen LogP contribution in [0.25, 0.3) is 0 Å². The zero-order valence-corrected chi connectivity index (χ0v) is 10.8. The van der Waals surface area contributed by atoms with Gasteiger partial charge in [0.1, 0.15) is 0 Å². The maximum atomic E-state index is 12.5. The summed E-state index contributed by atoms with van der Waals surface area (Å²) in [5.74, 6) is -1.11. The third-order valence-corrected chi connectivity index (χ3v) is 4.09. The smallest absolute Gasteiger partial charge is 0.358 e. The molecule has 94 valence electrons. The topological polar surface area (TPSA) is 90.2 Å². The third-order valence-electron chi connectivity index (χ3n) is 1.63. The first-order valence-electron chi connectivity index (χ1n) is 3.72. The number of nitrogens with zero attached hydrogens (tertiary/aromatic N) is 2. The van der Waals surface area contributed by atoms with E-state index in [4.69, 9.17) is 10.7 Å². The van der Waals surface area contributed by atoms with E-state index in [1.807, 2.05) is 0 Å². The fraction of sp³-hybridized carbons (Fsp3) is 0.167. The lowest BCUT2D eigenvalue weighted by Gasteiger charge is -2.05. The van der Waals surface area contributed by atoms with Crippen LogP contribution in [-0.2, 0) is 9.05 Å². The van der Waals surface area contributed by atoms with Crippen LogP contribution in [0.3, 0.4) is 0 Å². The van der Waals surface area contributed by atoms with E-state index in [1.54, 1.807) is 0 Å². The van der Waals surface area contributed by atoms with Crippen molar-refractivity contribution in [1.29, 1.82) is 0 Å². The van der Waals surface area contributed by atoms with Crippen LogP contribution in [0.2, 0.25) is 0 Å². The van der Waals surface area contributed by atoms with Gasteiger partial charge in [0.15, 0.2) is 11.1 Å². The molecule has 0 aliphatic carbocycles. The van der Waals surface area contributed by atoms with E-state index < -0.39 is 41.1 Å². The average Bonchev–Trinajstić information content (AvgIpc) is 2.14. The standard InChI is InChI=1S/C6H2BrClF2N2O4S/c7-3-2(5(9)10)1-11-6(12(13)14)4(3)17(8,15)16/h1,5H. The molecule has 1 heterocycles. The normalized spacial score (nSPS) is 11.8. The first kappa shape index (κ1) is 14.2. The molecule has 6 nitrogen and oxygen atoms in total. The van der Waals surface area contributed by atoms with E-state index in [9.17, 15) is 27.3 Å². The van der Waals surface area contributed by atoms with E-state index in [1.165, 1.54) is 0 Å². The first-order chi connectivity index (χ1) is 7.66. The number of rotatable bonds is 3. The van der Waals surface area contributed by atoms with Crippen LogP contribution in [0.5, 0.6) is 0 Å². The Bertz CT molecular complexity index is 580. The Balaban J connectivity index is 3.72. The number of hydrogen-bond donors (Lipinski definition) is 0. The van der Waals surface area contributed by atoms with Gasteiger partial charge < -0.3 is 10.1 Å². The van der Waals surface area contributed by atoms with Gasteiger partial charge in [-0.15, -0.1) is 0 Å². The van der Waals surface area contributed by atoms with Crippen molar-refractivity contribution in [2.75, 3.05) is 0 Å². The highest BCUT2D eigenvalue weighted by atomic mass is 79.9. The lowest BCUT2D eigenvalue weighted by atomic mass is 10.3. The fourth-order valence-electron chi connectivity index (χ4n) is 0.973. The van der Waals surface area contributed by atoms with Gasteiger partial charge in [0, 0.05) is 10.7 Å². The Labute approximate surface area is 106 Å². The summed E-state index contributed by atoms with van der Waals surface area (Å²) in [6, 6.07) is 0. The van der Waals surface area contributed by atoms with Crippen molar-refractivity contribution >= 4 is 41.5 Å². The van der Waals surface area contributed by atoms with Gasteiger partial charge in [-0.25, -0.2) is 17.2 Å². The Kier molecular flexibility index (Phi) is 3.99. The molecule has 1 aromatic heterocycles. The average molecular weight is 352 g/mol. The molecule has 17 heavy (non-hydrogen) atoms. The summed E-state index contributed by atoms with van der Waals surface area (Å²) in [6.45, 7) is 0. The van der Waals surface area contributed by atoms with Crippen molar-refractivity contribution in [2.45, 2.75) is 11.3 Å². The van der Waals surface area contributed by atoms with Crippen molar-refractivity contribution in [2.24, 2.45) is 0 Å². The Morgan fingerprint density at radius 2 is 2.06 bits per heavy atom. The summed E-state index contributed by atoms with van der Waals surface area (Å²) < 4.78 is 46.4. The van der Waals surface area contributed by atoms with Crippen molar-refractivity contribution < 1.29 is 22.1 Å². The predicted octanol–water partition coefficient (Wildman–Crippen LogP) is 2.62. The molecule has 0 aliphatic heterocycles. The molecule has 0 N–H and O–H groups in total. The van der Waals surface area contributed by atoms with Crippen LogP contribution in [0.4, 0.5) is 14.6 Å². The molecular formula is C6H2BrClF2N2O4S. The van der Waals surface area contributed by atoms with Crippen molar-refractivity contribution in [3.8, 4) is 0 Å². The fourth-order valence-corrected chi connectivity index (χ4v) is 3.46. The molecule has 11 heteroatoms. The molecule has 0 radical (unpaired) electrons. The van der Waals surface area contributed by atoms with E-state index >= 15 is 0 Å². The molecule has 0 bridgehead atoms. The van der Waals surface area contributed by atoms with Gasteiger partial charge in [0.2, 0.25) is 0 Å². The summed E-state index contributed by atoms with van der Waals surface area (Å²) in [5, 5.41) is 10.5. The zero-order valence-electron chi connectivity index (χ0n) is 7.60. The lowest BCUT2D eigenvalue weighted by Crippen LogP contribution is -2.05. The van der Waals surface area contributed by atoms with Crippen LogP contribution < -0.4 is 0 Å². The van der Waals surface area contributed by atoms with Crippen molar-refractivity contribution in [3.63, 3.8) is 0 Å². The minimum Gasteiger partial charge on any atom is -0.358 e. The number of nitro groups is 1. The molecule has 1 aromatic rings. The number of aromatic nitrogens is 1. The highest BCUT2D eigenvalue weighted by Crippen LogP contribution is 2.37. The molecule has 0 spiro atoms. The van der Waals surface area contributed by atoms with Crippen LogP contribution in [0.1, 0.15) is 12.0 Å². The highest BCUT2D eigenvalue weighted by molar-refractivity contribution is 9.10.